The molecule has 0 aromatic rings. The van der Waals surface area contributed by atoms with Crippen LogP contribution in [0.25, 0.3) is 0 Å². The van der Waals surface area contributed by atoms with E-state index in [4.69, 9.17) is 22.7 Å². The Balaban J connectivity index is 2.39. The van der Waals surface area contributed by atoms with E-state index in [9.17, 15) is 4.79 Å². The minimum absolute atomic E-state index is 0.0396. The van der Waals surface area contributed by atoms with Crippen molar-refractivity contribution in [3.05, 3.63) is 0 Å². The Hall–Kier alpha value is -0.770. The van der Waals surface area contributed by atoms with Crippen LogP contribution in [0.3, 0.4) is 0 Å². The fourth-order valence-corrected chi connectivity index (χ4v) is 1.57. The van der Waals surface area contributed by atoms with Gasteiger partial charge in [0, 0.05) is 19.0 Å². The third-order valence-corrected chi connectivity index (χ3v) is 2.47. The van der Waals surface area contributed by atoms with E-state index in [0.29, 0.717) is 25.9 Å². The van der Waals surface area contributed by atoms with Crippen molar-refractivity contribution in [2.24, 2.45) is 11.7 Å². The van der Waals surface area contributed by atoms with Crippen molar-refractivity contribution in [2.75, 3.05) is 13.1 Å². The lowest BCUT2D eigenvalue weighted by Crippen LogP contribution is -2.43. The highest BCUT2D eigenvalue weighted by Gasteiger charge is 2.23. The van der Waals surface area contributed by atoms with Crippen LogP contribution in [0, 0.1) is 11.3 Å². The Labute approximate surface area is 76.2 Å². The summed E-state index contributed by atoms with van der Waals surface area (Å²) in [7, 11) is 0. The number of piperidine rings is 1. The quantitative estimate of drug-likeness (QED) is 0.356. The number of nitrogens with zero attached hydrogens (tertiary/aromatic N) is 1. The van der Waals surface area contributed by atoms with Gasteiger partial charge in [0.15, 0.2) is 5.96 Å². The van der Waals surface area contributed by atoms with Gasteiger partial charge in [-0.05, 0) is 24.4 Å². The minimum atomic E-state index is -0.266. The molecule has 1 aliphatic heterocycles. The molecule has 0 amide bonds. The average Bonchev–Trinajstić information content (AvgIpc) is 2.04. The average molecular weight is 190 g/mol. The van der Waals surface area contributed by atoms with Crippen molar-refractivity contribution < 1.29 is 4.79 Å². The molecule has 0 unspecified atom stereocenters. The van der Waals surface area contributed by atoms with E-state index in [-0.39, 0.29) is 17.1 Å². The molecule has 1 heterocycles. The maximum atomic E-state index is 10.7. The van der Waals surface area contributed by atoms with Gasteiger partial charge in [0.1, 0.15) is 0 Å². The van der Waals surface area contributed by atoms with Crippen molar-refractivity contribution in [3.8, 4) is 0 Å². The molecule has 68 valence electrons. The number of nitrogens with two attached hydrogens (primary N) is 1. The summed E-state index contributed by atoms with van der Waals surface area (Å²) in [5.41, 5.74) is 5.28. The summed E-state index contributed by atoms with van der Waals surface area (Å²) in [4.78, 5) is 12.5. The molecule has 1 aliphatic rings. The van der Waals surface area contributed by atoms with Gasteiger partial charge < -0.3 is 10.6 Å². The molecule has 0 radical (unpaired) electrons. The lowest BCUT2D eigenvalue weighted by atomic mass is 9.99. The molecule has 0 atom stereocenters. The summed E-state index contributed by atoms with van der Waals surface area (Å²) in [6.45, 7) is 1.33. The zero-order valence-corrected chi connectivity index (χ0v) is 7.47. The second kappa shape index (κ2) is 3.76. The van der Waals surface area contributed by atoms with Gasteiger partial charge in [-0.25, -0.2) is 0 Å². The first-order valence-electron chi connectivity index (χ1n) is 3.89. The number of guanidine groups is 1. The van der Waals surface area contributed by atoms with Crippen LogP contribution in [-0.2, 0) is 4.79 Å². The number of halogens is 1. The molecular formula is C7H12ClN3O. The Morgan fingerprint density at radius 3 is 2.33 bits per heavy atom. The Morgan fingerprint density at radius 2 is 2.00 bits per heavy atom. The van der Waals surface area contributed by atoms with E-state index in [1.165, 1.54) is 0 Å². The summed E-state index contributed by atoms with van der Waals surface area (Å²) in [5.74, 6) is 0.0396. The molecule has 0 saturated carbocycles. The smallest absolute Gasteiger partial charge is 0.224 e. The Kier molecular flexibility index (Phi) is 2.92. The molecule has 5 heteroatoms. The monoisotopic (exact) mass is 189 g/mol. The fourth-order valence-electron chi connectivity index (χ4n) is 1.35. The second-order valence-corrected chi connectivity index (χ2v) is 3.32. The van der Waals surface area contributed by atoms with Crippen molar-refractivity contribution in [2.45, 2.75) is 12.8 Å². The highest BCUT2D eigenvalue weighted by atomic mass is 35.5. The van der Waals surface area contributed by atoms with E-state index in [1.54, 1.807) is 4.90 Å². The molecule has 1 fully saturated rings. The van der Waals surface area contributed by atoms with Gasteiger partial charge in [0.05, 0.1) is 0 Å². The highest BCUT2D eigenvalue weighted by Crippen LogP contribution is 2.18. The molecule has 12 heavy (non-hydrogen) atoms. The second-order valence-electron chi connectivity index (χ2n) is 2.95. The van der Waals surface area contributed by atoms with Gasteiger partial charge in [-0.3, -0.25) is 10.2 Å². The zero-order chi connectivity index (χ0) is 9.14. The van der Waals surface area contributed by atoms with Crippen LogP contribution in [-0.4, -0.2) is 29.2 Å². The Morgan fingerprint density at radius 1 is 1.50 bits per heavy atom. The van der Waals surface area contributed by atoms with Gasteiger partial charge >= 0.3 is 0 Å². The van der Waals surface area contributed by atoms with Crippen LogP contribution >= 0.6 is 11.6 Å². The molecule has 0 spiro atoms. The van der Waals surface area contributed by atoms with Gasteiger partial charge in [-0.1, -0.05) is 0 Å². The van der Waals surface area contributed by atoms with E-state index in [0.717, 1.165) is 0 Å². The molecule has 1 saturated heterocycles. The van der Waals surface area contributed by atoms with E-state index in [1.807, 2.05) is 0 Å². The van der Waals surface area contributed by atoms with Crippen LogP contribution in [0.15, 0.2) is 0 Å². The van der Waals surface area contributed by atoms with Crippen LogP contribution in [0.4, 0.5) is 0 Å². The number of rotatable bonds is 1. The summed E-state index contributed by atoms with van der Waals surface area (Å²) in [6.07, 6.45) is 1.42. The summed E-state index contributed by atoms with van der Waals surface area (Å²) in [6, 6.07) is 0. The number of carbonyl (C=O) groups is 1. The first-order valence-corrected chi connectivity index (χ1v) is 4.27. The highest BCUT2D eigenvalue weighted by molar-refractivity contribution is 6.63. The predicted octanol–water partition coefficient (Wildman–Crippen LogP) is 0.357. The topological polar surface area (TPSA) is 70.2 Å². The van der Waals surface area contributed by atoms with Crippen LogP contribution < -0.4 is 5.73 Å². The molecule has 3 N–H and O–H groups in total. The number of nitrogens with one attached hydrogen (secondary N) is 1. The SMILES string of the molecule is N=C(N)N1CCC(C(=O)Cl)CC1. The maximum absolute atomic E-state index is 10.7. The van der Waals surface area contributed by atoms with Crippen molar-refractivity contribution >= 4 is 22.8 Å². The van der Waals surface area contributed by atoms with Gasteiger partial charge in [0.25, 0.3) is 0 Å². The van der Waals surface area contributed by atoms with Crippen molar-refractivity contribution in [1.29, 1.82) is 5.41 Å². The van der Waals surface area contributed by atoms with Crippen LogP contribution in [0.1, 0.15) is 12.8 Å². The molecule has 1 rings (SSSR count). The molecule has 0 aliphatic carbocycles. The third kappa shape index (κ3) is 2.11. The Bertz CT molecular complexity index is 177. The summed E-state index contributed by atoms with van der Waals surface area (Å²) >= 11 is 5.34. The van der Waals surface area contributed by atoms with Crippen molar-refractivity contribution in [1.82, 2.24) is 4.90 Å². The molecule has 4 nitrogen and oxygen atoms in total. The standard InChI is InChI=1S/C7H12ClN3O/c8-6(12)5-1-3-11(4-2-5)7(9)10/h5H,1-4H2,(H3,9,10). The maximum Gasteiger partial charge on any atom is 0.224 e. The third-order valence-electron chi connectivity index (χ3n) is 2.16. The van der Waals surface area contributed by atoms with E-state index >= 15 is 0 Å². The normalized spacial score (nSPS) is 19.2. The van der Waals surface area contributed by atoms with Gasteiger partial charge in [0.2, 0.25) is 5.24 Å². The largest absolute Gasteiger partial charge is 0.370 e. The minimum Gasteiger partial charge on any atom is -0.370 e. The first-order chi connectivity index (χ1) is 5.61. The van der Waals surface area contributed by atoms with Gasteiger partial charge in [-0.2, -0.15) is 0 Å². The van der Waals surface area contributed by atoms with Gasteiger partial charge in [-0.15, -0.1) is 0 Å². The predicted molar refractivity (Wildman–Crippen MR) is 47.1 cm³/mol. The molecular weight excluding hydrogens is 178 g/mol. The van der Waals surface area contributed by atoms with Crippen LogP contribution in [0.2, 0.25) is 0 Å². The molecule has 0 aromatic carbocycles. The lowest BCUT2D eigenvalue weighted by molar-refractivity contribution is -0.116. The summed E-state index contributed by atoms with van der Waals surface area (Å²) in [5, 5.41) is 6.88. The van der Waals surface area contributed by atoms with E-state index < -0.39 is 0 Å². The number of hydrogen-bond acceptors (Lipinski definition) is 2. The van der Waals surface area contributed by atoms with E-state index in [2.05, 4.69) is 0 Å². The fraction of sp³-hybridized carbons (Fsp3) is 0.714. The molecule has 0 aromatic heterocycles. The number of carbonyl (C=O) groups excluding carboxylic acids is 1. The zero-order valence-electron chi connectivity index (χ0n) is 6.72. The first kappa shape index (κ1) is 9.32. The van der Waals surface area contributed by atoms with Crippen molar-refractivity contribution in [3.63, 3.8) is 0 Å². The summed E-state index contributed by atoms with van der Waals surface area (Å²) < 4.78 is 0. The van der Waals surface area contributed by atoms with Crippen LogP contribution in [0.5, 0.6) is 0 Å². The molecule has 0 bridgehead atoms. The number of likely N-dealkylation sites (tertiary alicyclic amines) is 1. The number of hydrogen-bond donors (Lipinski definition) is 2. The lowest BCUT2D eigenvalue weighted by Gasteiger charge is -2.30.